The Hall–Kier alpha value is -2.76. The highest BCUT2D eigenvalue weighted by Gasteiger charge is 2.18. The zero-order valence-electron chi connectivity index (χ0n) is 28.2. The predicted octanol–water partition coefficient (Wildman–Crippen LogP) is 11.3. The molecule has 0 fully saturated rings. The van der Waals surface area contributed by atoms with Crippen LogP contribution < -0.4 is 4.74 Å². The van der Waals surface area contributed by atoms with Crippen molar-refractivity contribution in [1.29, 1.82) is 0 Å². The van der Waals surface area contributed by atoms with E-state index in [1.54, 1.807) is 24.3 Å². The fourth-order valence-corrected chi connectivity index (χ4v) is 4.51. The number of ketones is 3. The average molecular weight is 788 g/mol. The zero-order chi connectivity index (χ0) is 34.4. The topological polar surface area (TPSA) is 60.4 Å². The van der Waals surface area contributed by atoms with Gasteiger partial charge in [-0.25, -0.2) is 0 Å². The number of ether oxygens (including phenoxy) is 1. The Kier molecular flexibility index (Phi) is 16.5. The summed E-state index contributed by atoms with van der Waals surface area (Å²) >= 11 is 5.58. The molecule has 6 heteroatoms. The Morgan fingerprint density at radius 2 is 0.933 bits per heavy atom. The van der Waals surface area contributed by atoms with Gasteiger partial charge in [-0.3, -0.25) is 14.4 Å². The maximum absolute atomic E-state index is 11.9. The molecule has 45 heavy (non-hydrogen) atoms. The molecule has 0 saturated carbocycles. The van der Waals surface area contributed by atoms with Crippen LogP contribution in [-0.2, 0) is 0 Å². The van der Waals surface area contributed by atoms with Gasteiger partial charge < -0.3 is 4.74 Å². The maximum Gasteiger partial charge on any atom is 0.163 e. The third kappa shape index (κ3) is 18.7. The van der Waals surface area contributed by atoms with Gasteiger partial charge in [-0.2, -0.15) is 0 Å². The lowest BCUT2D eigenvalue weighted by molar-refractivity contribution is 0.0930. The Morgan fingerprint density at radius 3 is 1.24 bits per heavy atom. The van der Waals surface area contributed by atoms with Crippen molar-refractivity contribution in [3.8, 4) is 18.1 Å². The smallest absolute Gasteiger partial charge is 0.163 e. The standard InChI is InChI=1S/C15H18O2.C12H15BrO.C12H15IO/c1-5-10-17-13-8-6-12(7-9-13)14(16)11-15(2,3)4;2*1-12(2,3)8-11(14)9-4-6-10(13)7-5-9/h1,6-9H,10-11H2,2-4H3;2*4-7H,8H2,1-3H3. The molecule has 0 heterocycles. The average Bonchev–Trinajstić information content (AvgIpc) is 2.91. The van der Waals surface area contributed by atoms with Gasteiger partial charge in [0.2, 0.25) is 0 Å². The first-order chi connectivity index (χ1) is 20.7. The summed E-state index contributed by atoms with van der Waals surface area (Å²) in [5, 5.41) is 0. The summed E-state index contributed by atoms with van der Waals surface area (Å²) < 4.78 is 7.41. The molecular formula is C39H48BrIO4. The maximum atomic E-state index is 11.9. The second-order valence-corrected chi connectivity index (χ2v) is 16.7. The monoisotopic (exact) mass is 786 g/mol. The summed E-state index contributed by atoms with van der Waals surface area (Å²) in [6.07, 6.45) is 6.83. The van der Waals surface area contributed by atoms with Crippen molar-refractivity contribution in [3.63, 3.8) is 0 Å². The lowest BCUT2D eigenvalue weighted by Gasteiger charge is -2.16. The van der Waals surface area contributed by atoms with E-state index in [4.69, 9.17) is 11.2 Å². The Labute approximate surface area is 293 Å². The van der Waals surface area contributed by atoms with Crippen LogP contribution >= 0.6 is 38.5 Å². The fraction of sp³-hybridized carbons (Fsp3) is 0.410. The van der Waals surface area contributed by atoms with Gasteiger partial charge in [0.05, 0.1) is 0 Å². The molecule has 3 aromatic carbocycles. The zero-order valence-corrected chi connectivity index (χ0v) is 32.0. The van der Waals surface area contributed by atoms with Gasteiger partial charge in [0.15, 0.2) is 17.3 Å². The van der Waals surface area contributed by atoms with Crippen molar-refractivity contribution >= 4 is 55.9 Å². The first kappa shape index (κ1) is 40.3. The number of hydrogen-bond acceptors (Lipinski definition) is 4. The third-order valence-electron chi connectivity index (χ3n) is 5.90. The molecule has 0 aliphatic carbocycles. The molecule has 0 saturated heterocycles. The van der Waals surface area contributed by atoms with Crippen molar-refractivity contribution in [1.82, 2.24) is 0 Å². The molecule has 0 aliphatic rings. The molecule has 0 radical (unpaired) electrons. The number of carbonyl (C=O) groups is 3. The van der Waals surface area contributed by atoms with E-state index in [1.165, 1.54) is 0 Å². The molecule has 4 nitrogen and oxygen atoms in total. The second kappa shape index (κ2) is 18.4. The van der Waals surface area contributed by atoms with Crippen LogP contribution in [-0.4, -0.2) is 24.0 Å². The van der Waals surface area contributed by atoms with E-state index in [2.05, 4.69) is 107 Å². The first-order valence-electron chi connectivity index (χ1n) is 15.0. The summed E-state index contributed by atoms with van der Waals surface area (Å²) in [4.78, 5) is 35.4. The molecule has 242 valence electrons. The minimum Gasteiger partial charge on any atom is -0.481 e. The van der Waals surface area contributed by atoms with Crippen LogP contribution in [0.1, 0.15) is 113 Å². The summed E-state index contributed by atoms with van der Waals surface area (Å²) in [6.45, 7) is 18.9. The Bertz CT molecular complexity index is 1340. The SMILES string of the molecule is C#CCOc1ccc(C(=O)CC(C)(C)C)cc1.CC(C)(C)CC(=O)c1ccc(Br)cc1.CC(C)(C)CC(=O)c1ccc(I)cc1. The molecule has 0 bridgehead atoms. The third-order valence-corrected chi connectivity index (χ3v) is 7.15. The van der Waals surface area contributed by atoms with Gasteiger partial charge in [-0.15, -0.1) is 6.42 Å². The fourth-order valence-electron chi connectivity index (χ4n) is 3.88. The number of Topliss-reactive ketones (excluding diaryl/α,β-unsaturated/α-hetero) is 3. The van der Waals surface area contributed by atoms with Crippen molar-refractivity contribution < 1.29 is 19.1 Å². The van der Waals surface area contributed by atoms with E-state index in [1.807, 2.05) is 48.5 Å². The molecular weight excluding hydrogens is 739 g/mol. The molecule has 0 N–H and O–H groups in total. The van der Waals surface area contributed by atoms with Crippen molar-refractivity contribution in [3.05, 3.63) is 97.5 Å². The van der Waals surface area contributed by atoms with E-state index in [0.717, 1.165) is 19.2 Å². The van der Waals surface area contributed by atoms with E-state index in [0.29, 0.717) is 30.6 Å². The number of hydrogen-bond donors (Lipinski definition) is 0. The van der Waals surface area contributed by atoms with Crippen LogP contribution in [0.5, 0.6) is 5.75 Å². The van der Waals surface area contributed by atoms with E-state index in [-0.39, 0.29) is 40.2 Å². The summed E-state index contributed by atoms with van der Waals surface area (Å²) in [5.41, 5.74) is 2.47. The summed E-state index contributed by atoms with van der Waals surface area (Å²) in [7, 11) is 0. The molecule has 0 aliphatic heterocycles. The number of halogens is 2. The van der Waals surface area contributed by atoms with Crippen molar-refractivity contribution in [2.24, 2.45) is 16.2 Å². The van der Waals surface area contributed by atoms with Crippen LogP contribution in [0.3, 0.4) is 0 Å². The van der Waals surface area contributed by atoms with Gasteiger partial charge in [0.25, 0.3) is 0 Å². The van der Waals surface area contributed by atoms with Gasteiger partial charge in [-0.05, 0) is 87.4 Å². The highest BCUT2D eigenvalue weighted by atomic mass is 127. The van der Waals surface area contributed by atoms with Crippen molar-refractivity contribution in [2.45, 2.75) is 81.6 Å². The predicted molar refractivity (Wildman–Crippen MR) is 199 cm³/mol. The normalized spacial score (nSPS) is 11.2. The molecule has 3 rings (SSSR count). The van der Waals surface area contributed by atoms with Crippen LogP contribution in [0.15, 0.2) is 77.3 Å². The minimum atomic E-state index is 0.00965. The lowest BCUT2D eigenvalue weighted by Crippen LogP contribution is -2.12. The van der Waals surface area contributed by atoms with Gasteiger partial charge in [0.1, 0.15) is 12.4 Å². The molecule has 0 unspecified atom stereocenters. The van der Waals surface area contributed by atoms with Gasteiger partial charge in [-0.1, -0.05) is 108 Å². The van der Waals surface area contributed by atoms with Crippen LogP contribution in [0, 0.1) is 32.2 Å². The molecule has 0 aromatic heterocycles. The number of rotatable bonds is 8. The quantitative estimate of drug-likeness (QED) is 0.130. The minimum absolute atomic E-state index is 0.00965. The lowest BCUT2D eigenvalue weighted by atomic mass is 9.88. The number of terminal acetylenes is 1. The Balaban J connectivity index is 0.000000340. The summed E-state index contributed by atoms with van der Waals surface area (Å²) in [5.74, 6) is 3.68. The highest BCUT2D eigenvalue weighted by Crippen LogP contribution is 2.24. The molecule has 0 spiro atoms. The van der Waals surface area contributed by atoms with Gasteiger partial charge in [0, 0.05) is 44.0 Å². The van der Waals surface area contributed by atoms with E-state index < -0.39 is 0 Å². The van der Waals surface area contributed by atoms with Crippen molar-refractivity contribution in [2.75, 3.05) is 6.61 Å². The van der Waals surface area contributed by atoms with E-state index in [9.17, 15) is 14.4 Å². The molecule has 3 aromatic rings. The van der Waals surface area contributed by atoms with Crippen LogP contribution in [0.4, 0.5) is 0 Å². The highest BCUT2D eigenvalue weighted by molar-refractivity contribution is 14.1. The van der Waals surface area contributed by atoms with Crippen LogP contribution in [0.2, 0.25) is 0 Å². The Morgan fingerprint density at radius 1 is 0.622 bits per heavy atom. The molecule has 0 atom stereocenters. The first-order valence-corrected chi connectivity index (χ1v) is 16.8. The van der Waals surface area contributed by atoms with Gasteiger partial charge >= 0.3 is 0 Å². The number of benzene rings is 3. The van der Waals surface area contributed by atoms with E-state index >= 15 is 0 Å². The summed E-state index contributed by atoms with van der Waals surface area (Å²) in [6, 6.07) is 22.3. The van der Waals surface area contributed by atoms with Crippen LogP contribution in [0.25, 0.3) is 0 Å². The number of carbonyl (C=O) groups excluding carboxylic acids is 3. The largest absolute Gasteiger partial charge is 0.481 e. The molecule has 0 amide bonds. The second-order valence-electron chi connectivity index (χ2n) is 14.5.